The third kappa shape index (κ3) is 3.22. The summed E-state index contributed by atoms with van der Waals surface area (Å²) in [5.74, 6) is 0.644. The van der Waals surface area contributed by atoms with Crippen LogP contribution in [0, 0.1) is 0 Å². The molecule has 0 saturated heterocycles. The predicted molar refractivity (Wildman–Crippen MR) is 57.1 cm³/mol. The standard InChI is InChI=1S/C9H13P.ClH/c1-7(2)8-3-5-9(10)6-4-8;/h3-7H,10H2,1-2H3;1H. The Labute approximate surface area is 77.0 Å². The van der Waals surface area contributed by atoms with E-state index >= 15 is 0 Å². The second-order valence-electron chi connectivity index (χ2n) is 2.82. The maximum Gasteiger partial charge on any atom is -0.0219 e. The van der Waals surface area contributed by atoms with Gasteiger partial charge in [-0.3, -0.25) is 0 Å². The van der Waals surface area contributed by atoms with Gasteiger partial charge in [0.2, 0.25) is 0 Å². The quantitative estimate of drug-likeness (QED) is 0.595. The minimum absolute atomic E-state index is 0. The number of hydrogen-bond donors (Lipinski definition) is 0. The molecule has 1 rings (SSSR count). The summed E-state index contributed by atoms with van der Waals surface area (Å²) in [4.78, 5) is 0. The summed E-state index contributed by atoms with van der Waals surface area (Å²) in [6.07, 6.45) is 0. The van der Waals surface area contributed by atoms with Gasteiger partial charge in [-0.25, -0.2) is 0 Å². The van der Waals surface area contributed by atoms with E-state index in [0.717, 1.165) is 0 Å². The van der Waals surface area contributed by atoms with Gasteiger partial charge >= 0.3 is 0 Å². The summed E-state index contributed by atoms with van der Waals surface area (Å²) in [6, 6.07) is 8.60. The van der Waals surface area contributed by atoms with Crippen LogP contribution in [0.2, 0.25) is 0 Å². The van der Waals surface area contributed by atoms with Gasteiger partial charge in [0.05, 0.1) is 0 Å². The van der Waals surface area contributed by atoms with Gasteiger partial charge in [0.1, 0.15) is 0 Å². The zero-order valence-electron chi connectivity index (χ0n) is 6.87. The Hall–Kier alpha value is -0.0600. The van der Waals surface area contributed by atoms with Crippen molar-refractivity contribution in [1.29, 1.82) is 0 Å². The molecule has 0 radical (unpaired) electrons. The molecule has 0 nitrogen and oxygen atoms in total. The fraction of sp³-hybridized carbons (Fsp3) is 0.333. The van der Waals surface area contributed by atoms with Gasteiger partial charge in [-0.15, -0.1) is 21.6 Å². The Kier molecular flexibility index (Phi) is 4.72. The van der Waals surface area contributed by atoms with Crippen LogP contribution < -0.4 is 5.30 Å². The molecular formula is C9H14ClP. The number of rotatable bonds is 1. The second kappa shape index (κ2) is 4.74. The lowest BCUT2D eigenvalue weighted by Crippen LogP contribution is -1.92. The minimum Gasteiger partial charge on any atom is -0.147 e. The smallest absolute Gasteiger partial charge is 0.0219 e. The van der Waals surface area contributed by atoms with Crippen LogP contribution in [0.15, 0.2) is 24.3 Å². The van der Waals surface area contributed by atoms with E-state index in [1.54, 1.807) is 0 Å². The van der Waals surface area contributed by atoms with Gasteiger partial charge in [0.15, 0.2) is 0 Å². The molecule has 0 aliphatic rings. The van der Waals surface area contributed by atoms with E-state index < -0.39 is 0 Å². The number of halogens is 1. The van der Waals surface area contributed by atoms with Crippen molar-refractivity contribution in [1.82, 2.24) is 0 Å². The molecule has 0 N–H and O–H groups in total. The highest BCUT2D eigenvalue weighted by molar-refractivity contribution is 7.27. The fourth-order valence-corrected chi connectivity index (χ4v) is 1.07. The van der Waals surface area contributed by atoms with Crippen LogP contribution >= 0.6 is 21.6 Å². The van der Waals surface area contributed by atoms with E-state index in [9.17, 15) is 0 Å². The molecule has 0 fully saturated rings. The summed E-state index contributed by atoms with van der Waals surface area (Å²) in [5.41, 5.74) is 1.41. The molecule has 0 saturated carbocycles. The van der Waals surface area contributed by atoms with Gasteiger partial charge in [0.25, 0.3) is 0 Å². The van der Waals surface area contributed by atoms with E-state index in [0.29, 0.717) is 5.92 Å². The molecule has 0 aromatic heterocycles. The van der Waals surface area contributed by atoms with Crippen LogP contribution in [0.25, 0.3) is 0 Å². The molecule has 0 aliphatic carbocycles. The lowest BCUT2D eigenvalue weighted by atomic mass is 10.0. The minimum atomic E-state index is 0. The molecule has 1 aromatic rings. The van der Waals surface area contributed by atoms with Gasteiger partial charge in [-0.1, -0.05) is 38.1 Å². The van der Waals surface area contributed by atoms with Crippen molar-refractivity contribution in [2.45, 2.75) is 19.8 Å². The Morgan fingerprint density at radius 2 is 1.55 bits per heavy atom. The SMILES string of the molecule is CC(C)c1ccc(P)cc1.Cl. The largest absolute Gasteiger partial charge is 0.147 e. The average Bonchev–Trinajstić information content (AvgIpc) is 1.88. The van der Waals surface area contributed by atoms with Crippen molar-refractivity contribution in [2.75, 3.05) is 0 Å². The maximum absolute atomic E-state index is 2.68. The Bertz CT molecular complexity index is 203. The Morgan fingerprint density at radius 3 is 1.91 bits per heavy atom. The van der Waals surface area contributed by atoms with Gasteiger partial charge < -0.3 is 0 Å². The number of benzene rings is 1. The van der Waals surface area contributed by atoms with Crippen LogP contribution in [0.3, 0.4) is 0 Å². The van der Waals surface area contributed by atoms with E-state index in [-0.39, 0.29) is 12.4 Å². The Morgan fingerprint density at radius 1 is 1.09 bits per heavy atom. The van der Waals surface area contributed by atoms with E-state index in [4.69, 9.17) is 0 Å². The van der Waals surface area contributed by atoms with Gasteiger partial charge in [0, 0.05) is 0 Å². The first-order valence-corrected chi connectivity index (χ1v) is 4.13. The maximum atomic E-state index is 2.68. The topological polar surface area (TPSA) is 0 Å². The van der Waals surface area contributed by atoms with Crippen molar-refractivity contribution in [3.8, 4) is 0 Å². The summed E-state index contributed by atoms with van der Waals surface area (Å²) < 4.78 is 0. The van der Waals surface area contributed by atoms with Crippen LogP contribution in [0.1, 0.15) is 25.3 Å². The van der Waals surface area contributed by atoms with Crippen molar-refractivity contribution in [2.24, 2.45) is 0 Å². The zero-order chi connectivity index (χ0) is 7.56. The highest BCUT2D eigenvalue weighted by atomic mass is 35.5. The average molecular weight is 189 g/mol. The van der Waals surface area contributed by atoms with Gasteiger partial charge in [-0.05, 0) is 16.8 Å². The fourth-order valence-electron chi connectivity index (χ4n) is 0.881. The first-order chi connectivity index (χ1) is 4.70. The molecule has 0 amide bonds. The molecule has 1 aromatic carbocycles. The highest BCUT2D eigenvalue weighted by Crippen LogP contribution is 2.11. The third-order valence-corrected chi connectivity index (χ3v) is 1.99. The molecular weight excluding hydrogens is 175 g/mol. The molecule has 11 heavy (non-hydrogen) atoms. The molecule has 0 aliphatic heterocycles. The molecule has 0 heterocycles. The lowest BCUT2D eigenvalue weighted by Gasteiger charge is -2.03. The second-order valence-corrected chi connectivity index (χ2v) is 3.49. The summed E-state index contributed by atoms with van der Waals surface area (Å²) in [7, 11) is 2.68. The molecule has 0 bridgehead atoms. The molecule has 0 spiro atoms. The van der Waals surface area contributed by atoms with E-state index in [1.165, 1.54) is 10.9 Å². The van der Waals surface area contributed by atoms with Crippen molar-refractivity contribution in [3.63, 3.8) is 0 Å². The summed E-state index contributed by atoms with van der Waals surface area (Å²) in [5, 5.41) is 1.25. The predicted octanol–water partition coefficient (Wildman–Crippen LogP) is 2.73. The van der Waals surface area contributed by atoms with Crippen molar-refractivity contribution < 1.29 is 0 Å². The monoisotopic (exact) mass is 188 g/mol. The van der Waals surface area contributed by atoms with Crippen LogP contribution in [0.5, 0.6) is 0 Å². The van der Waals surface area contributed by atoms with E-state index in [1.807, 2.05) is 0 Å². The zero-order valence-corrected chi connectivity index (χ0v) is 8.84. The Balaban J connectivity index is 0.000001000. The van der Waals surface area contributed by atoms with Crippen molar-refractivity contribution in [3.05, 3.63) is 29.8 Å². The van der Waals surface area contributed by atoms with E-state index in [2.05, 4.69) is 47.4 Å². The highest BCUT2D eigenvalue weighted by Gasteiger charge is 1.95. The molecule has 2 heteroatoms. The normalized spacial score (nSPS) is 9.45. The molecule has 62 valence electrons. The molecule has 1 unspecified atom stereocenters. The van der Waals surface area contributed by atoms with Crippen LogP contribution in [0.4, 0.5) is 0 Å². The first-order valence-electron chi connectivity index (χ1n) is 3.55. The van der Waals surface area contributed by atoms with Gasteiger partial charge in [-0.2, -0.15) is 0 Å². The van der Waals surface area contributed by atoms with Crippen molar-refractivity contribution >= 4 is 27.0 Å². The summed E-state index contributed by atoms with van der Waals surface area (Å²) in [6.45, 7) is 4.41. The third-order valence-electron chi connectivity index (χ3n) is 1.60. The van der Waals surface area contributed by atoms with Crippen LogP contribution in [-0.2, 0) is 0 Å². The summed E-state index contributed by atoms with van der Waals surface area (Å²) >= 11 is 0. The van der Waals surface area contributed by atoms with Crippen LogP contribution in [-0.4, -0.2) is 0 Å². The first kappa shape index (κ1) is 10.9. The molecule has 1 atom stereocenters. The number of hydrogen-bond acceptors (Lipinski definition) is 0. The lowest BCUT2D eigenvalue weighted by molar-refractivity contribution is 0.867.